The van der Waals surface area contributed by atoms with Crippen molar-refractivity contribution in [1.29, 1.82) is 0 Å². The molecule has 3 rings (SSSR count). The number of rotatable bonds is 8. The fourth-order valence-corrected chi connectivity index (χ4v) is 3.80. The Balaban J connectivity index is 0.00000300. The van der Waals surface area contributed by atoms with Crippen LogP contribution < -0.4 is 10.6 Å². The van der Waals surface area contributed by atoms with Gasteiger partial charge in [0.2, 0.25) is 0 Å². The number of piperidine rings is 1. The topological polar surface area (TPSA) is 68.3 Å². The third-order valence-corrected chi connectivity index (χ3v) is 5.50. The molecule has 0 spiro atoms. The number of benzene rings is 1. The van der Waals surface area contributed by atoms with E-state index in [0.717, 1.165) is 55.3 Å². The highest BCUT2D eigenvalue weighted by Gasteiger charge is 2.27. The third-order valence-electron chi connectivity index (χ3n) is 5.50. The summed E-state index contributed by atoms with van der Waals surface area (Å²) in [6.07, 6.45) is 5.94. The number of fused-ring (bicyclic) bond motifs is 1. The average molecular weight is 512 g/mol. The smallest absolute Gasteiger partial charge is 0.191 e. The molecule has 0 bridgehead atoms. The first-order valence-corrected chi connectivity index (χ1v) is 10.8. The maximum absolute atomic E-state index is 4.87. The Kier molecular flexibility index (Phi) is 9.68. The minimum atomic E-state index is 0. The number of nitrogens with zero attached hydrogens (tertiary/aromatic N) is 3. The molecule has 1 aliphatic rings. The zero-order valence-corrected chi connectivity index (χ0v) is 20.5. The number of hydrogen-bond acceptors (Lipinski definition) is 3. The number of aromatic nitrogens is 2. The van der Waals surface area contributed by atoms with Gasteiger partial charge in [-0.15, -0.1) is 24.0 Å². The van der Waals surface area contributed by atoms with Gasteiger partial charge in [-0.3, -0.25) is 9.89 Å². The number of aliphatic imine (C=N–C) groups is 1. The summed E-state index contributed by atoms with van der Waals surface area (Å²) in [4.78, 5) is 15.5. The molecule has 1 aromatic carbocycles. The lowest BCUT2D eigenvalue weighted by Crippen LogP contribution is -2.49. The third kappa shape index (κ3) is 7.13. The Labute approximate surface area is 192 Å². The number of aromatic amines is 1. The lowest BCUT2D eigenvalue weighted by molar-refractivity contribution is 0.102. The van der Waals surface area contributed by atoms with Gasteiger partial charge in [-0.05, 0) is 65.3 Å². The lowest BCUT2D eigenvalue weighted by Gasteiger charge is -2.40. The molecule has 7 heteroatoms. The van der Waals surface area contributed by atoms with Crippen LogP contribution in [-0.4, -0.2) is 59.1 Å². The van der Waals surface area contributed by atoms with Crippen molar-refractivity contribution < 1.29 is 0 Å². The number of likely N-dealkylation sites (tertiary alicyclic amines) is 1. The molecule has 162 valence electrons. The molecule has 1 fully saturated rings. The van der Waals surface area contributed by atoms with Crippen LogP contribution in [0.2, 0.25) is 0 Å². The minimum absolute atomic E-state index is 0. The van der Waals surface area contributed by atoms with Crippen LogP contribution in [0.15, 0.2) is 29.3 Å². The van der Waals surface area contributed by atoms with Crippen LogP contribution in [0, 0.1) is 0 Å². The van der Waals surface area contributed by atoms with E-state index in [1.165, 1.54) is 32.4 Å². The predicted octanol–water partition coefficient (Wildman–Crippen LogP) is 3.93. The second-order valence-electron chi connectivity index (χ2n) is 8.29. The SMILES string of the molecule is CCNC(=NCC(C)(C)N1CCCCC1)NCCCc1nc2ccccc2[nH]1.I. The highest BCUT2D eigenvalue weighted by atomic mass is 127. The molecule has 29 heavy (non-hydrogen) atoms. The second-order valence-corrected chi connectivity index (χ2v) is 8.29. The van der Waals surface area contributed by atoms with Crippen molar-refractivity contribution in [1.82, 2.24) is 25.5 Å². The molecule has 1 saturated heterocycles. The number of guanidine groups is 1. The average Bonchev–Trinajstić information content (AvgIpc) is 3.13. The minimum Gasteiger partial charge on any atom is -0.357 e. The van der Waals surface area contributed by atoms with Crippen LogP contribution >= 0.6 is 24.0 Å². The van der Waals surface area contributed by atoms with Crippen LogP contribution in [0.1, 0.15) is 52.3 Å². The van der Waals surface area contributed by atoms with E-state index >= 15 is 0 Å². The molecule has 0 amide bonds. The Hall–Kier alpha value is -1.35. The molecule has 1 aliphatic heterocycles. The largest absolute Gasteiger partial charge is 0.357 e. The number of imidazole rings is 1. The van der Waals surface area contributed by atoms with Gasteiger partial charge in [0.25, 0.3) is 0 Å². The number of hydrogen-bond donors (Lipinski definition) is 3. The molecule has 0 unspecified atom stereocenters. The van der Waals surface area contributed by atoms with Gasteiger partial charge >= 0.3 is 0 Å². The monoisotopic (exact) mass is 512 g/mol. The summed E-state index contributed by atoms with van der Waals surface area (Å²) in [7, 11) is 0. The van der Waals surface area contributed by atoms with Gasteiger partial charge in [-0.1, -0.05) is 18.6 Å². The molecule has 1 aromatic heterocycles. The van der Waals surface area contributed by atoms with Gasteiger partial charge in [0.15, 0.2) is 5.96 Å². The molecule has 2 aromatic rings. The van der Waals surface area contributed by atoms with Crippen LogP contribution in [0.5, 0.6) is 0 Å². The number of aryl methyl sites for hydroxylation is 1. The number of halogens is 1. The molecular formula is C22H37IN6. The predicted molar refractivity (Wildman–Crippen MR) is 133 cm³/mol. The fraction of sp³-hybridized carbons (Fsp3) is 0.636. The highest BCUT2D eigenvalue weighted by Crippen LogP contribution is 2.20. The first-order valence-electron chi connectivity index (χ1n) is 10.8. The van der Waals surface area contributed by atoms with E-state index in [2.05, 4.69) is 52.3 Å². The van der Waals surface area contributed by atoms with E-state index in [4.69, 9.17) is 4.99 Å². The van der Waals surface area contributed by atoms with Crippen molar-refractivity contribution in [3.63, 3.8) is 0 Å². The van der Waals surface area contributed by atoms with E-state index in [0.29, 0.717) is 0 Å². The molecule has 0 aliphatic carbocycles. The van der Waals surface area contributed by atoms with Crippen molar-refractivity contribution in [2.75, 3.05) is 32.7 Å². The number of H-pyrrole nitrogens is 1. The Morgan fingerprint density at radius 3 is 2.66 bits per heavy atom. The molecule has 6 nitrogen and oxygen atoms in total. The van der Waals surface area contributed by atoms with Gasteiger partial charge in [0.05, 0.1) is 17.6 Å². The maximum atomic E-state index is 4.87. The fourth-order valence-electron chi connectivity index (χ4n) is 3.80. The number of nitrogens with one attached hydrogen (secondary N) is 3. The zero-order valence-electron chi connectivity index (χ0n) is 18.1. The van der Waals surface area contributed by atoms with Crippen molar-refractivity contribution in [2.24, 2.45) is 4.99 Å². The van der Waals surface area contributed by atoms with E-state index in [1.54, 1.807) is 0 Å². The van der Waals surface area contributed by atoms with E-state index < -0.39 is 0 Å². The van der Waals surface area contributed by atoms with E-state index in [-0.39, 0.29) is 29.5 Å². The summed E-state index contributed by atoms with van der Waals surface area (Å²) in [6.45, 7) is 11.7. The van der Waals surface area contributed by atoms with Gasteiger partial charge < -0.3 is 15.6 Å². The number of para-hydroxylation sites is 2. The van der Waals surface area contributed by atoms with Crippen molar-refractivity contribution in [2.45, 2.75) is 58.4 Å². The molecule has 0 saturated carbocycles. The Morgan fingerprint density at radius 2 is 1.93 bits per heavy atom. The first kappa shape index (κ1) is 23.9. The normalized spacial score (nSPS) is 15.9. The molecular weight excluding hydrogens is 475 g/mol. The molecule has 3 N–H and O–H groups in total. The van der Waals surface area contributed by atoms with Crippen LogP contribution in [0.4, 0.5) is 0 Å². The summed E-state index contributed by atoms with van der Waals surface area (Å²) < 4.78 is 0. The quantitative estimate of drug-likeness (QED) is 0.217. The standard InChI is InChI=1S/C22H36N6.HI/c1-4-23-21(25-17-22(2,3)28-15-8-5-9-16-28)24-14-10-13-20-26-18-11-6-7-12-19(18)27-20;/h6-7,11-12H,4-5,8-10,13-17H2,1-3H3,(H,26,27)(H2,23,24,25);1H. The van der Waals surface area contributed by atoms with Crippen LogP contribution in [0.3, 0.4) is 0 Å². The van der Waals surface area contributed by atoms with Gasteiger partial charge in [0.1, 0.15) is 5.82 Å². The zero-order chi connectivity index (χ0) is 19.8. The van der Waals surface area contributed by atoms with Crippen LogP contribution in [0.25, 0.3) is 11.0 Å². The summed E-state index contributed by atoms with van der Waals surface area (Å²) in [5, 5.41) is 6.85. The summed E-state index contributed by atoms with van der Waals surface area (Å²) in [5.41, 5.74) is 2.26. The summed E-state index contributed by atoms with van der Waals surface area (Å²) in [6, 6.07) is 8.19. The summed E-state index contributed by atoms with van der Waals surface area (Å²) in [5.74, 6) is 1.97. The molecule has 0 atom stereocenters. The highest BCUT2D eigenvalue weighted by molar-refractivity contribution is 14.0. The maximum Gasteiger partial charge on any atom is 0.191 e. The van der Waals surface area contributed by atoms with E-state index in [9.17, 15) is 0 Å². The summed E-state index contributed by atoms with van der Waals surface area (Å²) >= 11 is 0. The second kappa shape index (κ2) is 11.7. The van der Waals surface area contributed by atoms with E-state index in [1.807, 2.05) is 18.2 Å². The van der Waals surface area contributed by atoms with Gasteiger partial charge in [0, 0.05) is 25.0 Å². The molecule has 0 radical (unpaired) electrons. The van der Waals surface area contributed by atoms with Gasteiger partial charge in [-0.2, -0.15) is 0 Å². The Bertz CT molecular complexity index is 731. The van der Waals surface area contributed by atoms with Crippen LogP contribution in [-0.2, 0) is 6.42 Å². The lowest BCUT2D eigenvalue weighted by atomic mass is 9.99. The van der Waals surface area contributed by atoms with Crippen molar-refractivity contribution in [3.05, 3.63) is 30.1 Å². The van der Waals surface area contributed by atoms with Gasteiger partial charge in [-0.25, -0.2) is 4.98 Å². The van der Waals surface area contributed by atoms with Crippen molar-refractivity contribution >= 4 is 41.0 Å². The Morgan fingerprint density at radius 1 is 1.17 bits per heavy atom. The van der Waals surface area contributed by atoms with Crippen molar-refractivity contribution in [3.8, 4) is 0 Å². The first-order chi connectivity index (χ1) is 13.6. The molecule has 2 heterocycles.